The molecule has 0 saturated carbocycles. The fourth-order valence-corrected chi connectivity index (χ4v) is 2.38. The van der Waals surface area contributed by atoms with Gasteiger partial charge in [0.15, 0.2) is 0 Å². The van der Waals surface area contributed by atoms with Crippen molar-refractivity contribution < 1.29 is 4.52 Å². The van der Waals surface area contributed by atoms with Gasteiger partial charge in [-0.25, -0.2) is 0 Å². The van der Waals surface area contributed by atoms with Crippen molar-refractivity contribution in [2.45, 2.75) is 19.3 Å². The van der Waals surface area contributed by atoms with Crippen LogP contribution in [0.25, 0.3) is 11.4 Å². The van der Waals surface area contributed by atoms with Gasteiger partial charge in [0.1, 0.15) is 0 Å². The van der Waals surface area contributed by atoms with Gasteiger partial charge in [-0.05, 0) is 31.8 Å². The second-order valence-corrected chi connectivity index (χ2v) is 4.78. The zero-order valence-corrected chi connectivity index (χ0v) is 10.3. The minimum Gasteiger partial charge on any atom is -0.339 e. The molecule has 94 valence electrons. The Morgan fingerprint density at radius 2 is 1.94 bits per heavy atom. The summed E-state index contributed by atoms with van der Waals surface area (Å²) in [4.78, 5) is 4.48. The lowest BCUT2D eigenvalue weighted by atomic mass is 9.95. The molecule has 0 spiro atoms. The maximum Gasteiger partial charge on any atom is 0.227 e. The van der Waals surface area contributed by atoms with Crippen LogP contribution in [-0.4, -0.2) is 23.2 Å². The van der Waals surface area contributed by atoms with E-state index in [1.165, 1.54) is 12.8 Å². The fourth-order valence-electron chi connectivity index (χ4n) is 2.38. The molecule has 0 amide bonds. The van der Waals surface area contributed by atoms with Crippen molar-refractivity contribution in [2.24, 2.45) is 5.92 Å². The number of hydrogen-bond acceptors (Lipinski definition) is 4. The Morgan fingerprint density at radius 3 is 2.72 bits per heavy atom. The standard InChI is InChI=1S/C14H17N3O/c1-2-4-12(5-3-1)14-16-13(18-17-14)10-11-6-8-15-9-7-11/h1-5,11,15H,6-10H2. The van der Waals surface area contributed by atoms with E-state index in [-0.39, 0.29) is 0 Å². The van der Waals surface area contributed by atoms with Crippen LogP contribution in [0.3, 0.4) is 0 Å². The summed E-state index contributed by atoms with van der Waals surface area (Å²) in [7, 11) is 0. The van der Waals surface area contributed by atoms with Crippen molar-refractivity contribution in [1.82, 2.24) is 15.5 Å². The highest BCUT2D eigenvalue weighted by Gasteiger charge is 2.17. The molecule has 2 aromatic rings. The van der Waals surface area contributed by atoms with E-state index in [9.17, 15) is 0 Å². The number of nitrogens with zero attached hydrogens (tertiary/aromatic N) is 2. The molecule has 3 rings (SSSR count). The summed E-state index contributed by atoms with van der Waals surface area (Å²) in [6, 6.07) is 9.95. The van der Waals surface area contributed by atoms with E-state index in [4.69, 9.17) is 4.52 Å². The molecule has 4 nitrogen and oxygen atoms in total. The first-order chi connectivity index (χ1) is 8.92. The van der Waals surface area contributed by atoms with E-state index in [2.05, 4.69) is 15.5 Å². The average molecular weight is 243 g/mol. The smallest absolute Gasteiger partial charge is 0.227 e. The van der Waals surface area contributed by atoms with Crippen LogP contribution in [0.4, 0.5) is 0 Å². The Bertz CT molecular complexity index is 489. The Balaban J connectivity index is 1.69. The van der Waals surface area contributed by atoms with Gasteiger partial charge in [-0.2, -0.15) is 4.98 Å². The highest BCUT2D eigenvalue weighted by atomic mass is 16.5. The molecule has 18 heavy (non-hydrogen) atoms. The number of aromatic nitrogens is 2. The summed E-state index contributed by atoms with van der Waals surface area (Å²) < 4.78 is 5.34. The van der Waals surface area contributed by atoms with Crippen LogP contribution in [0.1, 0.15) is 18.7 Å². The van der Waals surface area contributed by atoms with Crippen LogP contribution in [0.5, 0.6) is 0 Å². The lowest BCUT2D eigenvalue weighted by molar-refractivity contribution is 0.313. The molecule has 0 unspecified atom stereocenters. The highest BCUT2D eigenvalue weighted by molar-refractivity contribution is 5.53. The van der Waals surface area contributed by atoms with Crippen LogP contribution in [0.2, 0.25) is 0 Å². The molecule has 1 saturated heterocycles. The molecule has 0 bridgehead atoms. The molecule has 1 fully saturated rings. The van der Waals surface area contributed by atoms with Crippen LogP contribution in [0.15, 0.2) is 34.9 Å². The predicted molar refractivity (Wildman–Crippen MR) is 69.0 cm³/mol. The maximum atomic E-state index is 5.34. The monoisotopic (exact) mass is 243 g/mol. The number of piperidine rings is 1. The largest absolute Gasteiger partial charge is 0.339 e. The van der Waals surface area contributed by atoms with Crippen molar-refractivity contribution in [1.29, 1.82) is 0 Å². The van der Waals surface area contributed by atoms with Gasteiger partial charge in [0.2, 0.25) is 11.7 Å². The van der Waals surface area contributed by atoms with Gasteiger partial charge in [-0.3, -0.25) is 0 Å². The van der Waals surface area contributed by atoms with Gasteiger partial charge in [-0.15, -0.1) is 0 Å². The van der Waals surface area contributed by atoms with Gasteiger partial charge in [0.05, 0.1) is 0 Å². The van der Waals surface area contributed by atoms with Crippen molar-refractivity contribution >= 4 is 0 Å². The molecule has 1 aromatic heterocycles. The first-order valence-electron chi connectivity index (χ1n) is 6.50. The van der Waals surface area contributed by atoms with Crippen LogP contribution in [-0.2, 0) is 6.42 Å². The minimum atomic E-state index is 0.676. The number of rotatable bonds is 3. The van der Waals surface area contributed by atoms with Crippen molar-refractivity contribution in [3.8, 4) is 11.4 Å². The van der Waals surface area contributed by atoms with Gasteiger partial charge in [0.25, 0.3) is 0 Å². The summed E-state index contributed by atoms with van der Waals surface area (Å²) in [6.45, 7) is 2.20. The zero-order chi connectivity index (χ0) is 12.2. The van der Waals surface area contributed by atoms with E-state index in [1.54, 1.807) is 0 Å². The highest BCUT2D eigenvalue weighted by Crippen LogP contribution is 2.20. The van der Waals surface area contributed by atoms with E-state index < -0.39 is 0 Å². The van der Waals surface area contributed by atoms with E-state index in [0.29, 0.717) is 11.7 Å². The average Bonchev–Trinajstić information content (AvgIpc) is 2.89. The molecule has 1 aliphatic rings. The van der Waals surface area contributed by atoms with Gasteiger partial charge < -0.3 is 9.84 Å². The first kappa shape index (κ1) is 11.4. The molecule has 1 N–H and O–H groups in total. The van der Waals surface area contributed by atoms with Gasteiger partial charge in [-0.1, -0.05) is 35.5 Å². The number of benzene rings is 1. The third kappa shape index (κ3) is 2.59. The topological polar surface area (TPSA) is 51.0 Å². The molecule has 1 aromatic carbocycles. The van der Waals surface area contributed by atoms with Crippen molar-refractivity contribution in [2.75, 3.05) is 13.1 Å². The van der Waals surface area contributed by atoms with Crippen LogP contribution in [0, 0.1) is 5.92 Å². The lowest BCUT2D eigenvalue weighted by Gasteiger charge is -2.20. The van der Waals surface area contributed by atoms with Crippen LogP contribution < -0.4 is 5.32 Å². The Hall–Kier alpha value is -1.68. The first-order valence-corrected chi connectivity index (χ1v) is 6.50. The third-order valence-electron chi connectivity index (χ3n) is 3.42. The van der Waals surface area contributed by atoms with Crippen molar-refractivity contribution in [3.05, 3.63) is 36.2 Å². The molecule has 1 aliphatic heterocycles. The predicted octanol–water partition coefficient (Wildman–Crippen LogP) is 2.28. The van der Waals surface area contributed by atoms with Gasteiger partial charge in [0, 0.05) is 12.0 Å². The van der Waals surface area contributed by atoms with Gasteiger partial charge >= 0.3 is 0 Å². The zero-order valence-electron chi connectivity index (χ0n) is 10.3. The van der Waals surface area contributed by atoms with Crippen molar-refractivity contribution in [3.63, 3.8) is 0 Å². The molecule has 4 heteroatoms. The molecule has 0 atom stereocenters. The normalized spacial score (nSPS) is 16.9. The lowest BCUT2D eigenvalue weighted by Crippen LogP contribution is -2.28. The Kier molecular flexibility index (Phi) is 3.37. The second-order valence-electron chi connectivity index (χ2n) is 4.78. The summed E-state index contributed by atoms with van der Waals surface area (Å²) >= 11 is 0. The van der Waals surface area contributed by atoms with Crippen LogP contribution >= 0.6 is 0 Å². The third-order valence-corrected chi connectivity index (χ3v) is 3.42. The number of nitrogens with one attached hydrogen (secondary N) is 1. The molecule has 0 radical (unpaired) electrons. The Morgan fingerprint density at radius 1 is 1.17 bits per heavy atom. The Labute approximate surface area is 106 Å². The minimum absolute atomic E-state index is 0.676. The van der Waals surface area contributed by atoms with E-state index in [1.807, 2.05) is 30.3 Å². The molecule has 0 aliphatic carbocycles. The second kappa shape index (κ2) is 5.31. The summed E-state index contributed by atoms with van der Waals surface area (Å²) in [6.07, 6.45) is 3.30. The summed E-state index contributed by atoms with van der Waals surface area (Å²) in [5.41, 5.74) is 1.01. The molecule has 2 heterocycles. The fraction of sp³-hybridized carbons (Fsp3) is 0.429. The van der Waals surface area contributed by atoms with E-state index >= 15 is 0 Å². The SMILES string of the molecule is c1ccc(-c2noc(CC3CCNCC3)n2)cc1. The molecular weight excluding hydrogens is 226 g/mol. The van der Waals surface area contributed by atoms with E-state index in [0.717, 1.165) is 31.0 Å². The summed E-state index contributed by atoms with van der Waals surface area (Å²) in [5.74, 6) is 2.13. The number of hydrogen-bond donors (Lipinski definition) is 1. The maximum absolute atomic E-state index is 5.34. The molecular formula is C14H17N3O. The quantitative estimate of drug-likeness (QED) is 0.898. The summed E-state index contributed by atoms with van der Waals surface area (Å²) in [5, 5.41) is 7.42.